The summed E-state index contributed by atoms with van der Waals surface area (Å²) in [7, 11) is 0. The van der Waals surface area contributed by atoms with Crippen molar-refractivity contribution in [1.29, 1.82) is 0 Å². The normalized spacial score (nSPS) is 19.1. The van der Waals surface area contributed by atoms with Gasteiger partial charge in [-0.1, -0.05) is 62.2 Å². The summed E-state index contributed by atoms with van der Waals surface area (Å²) in [5, 5.41) is 12.8. The molecule has 2 atom stereocenters. The standard InChI is InChI=1S/C23H26Cl2N2O4/c1-23(2,3)13-27-18-9-8-14(24)10-16(18)21(15-6-4-5-7-17(15)25)31-19(22(27)30)11-26-12-20(28)29/h4-10,19,21,26H,11-13H2,1-3H3,(H,28,29). The molecule has 1 amide bonds. The lowest BCUT2D eigenvalue weighted by molar-refractivity contribution is -0.137. The number of halogens is 2. The van der Waals surface area contributed by atoms with Gasteiger partial charge in [-0.2, -0.15) is 0 Å². The predicted octanol–water partition coefficient (Wildman–Crippen LogP) is 4.53. The Hall–Kier alpha value is -2.12. The molecule has 0 aromatic heterocycles. The molecule has 0 aliphatic carbocycles. The molecule has 31 heavy (non-hydrogen) atoms. The number of rotatable bonds is 6. The summed E-state index contributed by atoms with van der Waals surface area (Å²) in [6, 6.07) is 12.7. The molecule has 0 fully saturated rings. The van der Waals surface area contributed by atoms with Gasteiger partial charge in [-0.15, -0.1) is 0 Å². The molecule has 0 radical (unpaired) electrons. The Morgan fingerprint density at radius 1 is 1.16 bits per heavy atom. The molecule has 1 aliphatic heterocycles. The number of carboxylic acids is 1. The van der Waals surface area contributed by atoms with E-state index in [2.05, 4.69) is 5.32 Å². The maximum atomic E-state index is 13.6. The molecule has 8 heteroatoms. The highest BCUT2D eigenvalue weighted by atomic mass is 35.5. The number of nitrogens with zero attached hydrogens (tertiary/aromatic N) is 1. The molecule has 2 unspecified atom stereocenters. The number of fused-ring (bicyclic) bond motifs is 1. The maximum absolute atomic E-state index is 13.6. The molecule has 2 N–H and O–H groups in total. The van der Waals surface area contributed by atoms with Crippen LogP contribution in [0.4, 0.5) is 5.69 Å². The van der Waals surface area contributed by atoms with Crippen molar-refractivity contribution in [3.8, 4) is 0 Å². The van der Waals surface area contributed by atoms with Crippen LogP contribution < -0.4 is 10.2 Å². The van der Waals surface area contributed by atoms with Crippen LogP contribution >= 0.6 is 23.2 Å². The number of hydrogen-bond acceptors (Lipinski definition) is 4. The molecule has 0 bridgehead atoms. The largest absolute Gasteiger partial charge is 0.480 e. The van der Waals surface area contributed by atoms with Gasteiger partial charge in [0, 0.05) is 39.9 Å². The maximum Gasteiger partial charge on any atom is 0.317 e. The van der Waals surface area contributed by atoms with E-state index in [-0.39, 0.29) is 24.4 Å². The van der Waals surface area contributed by atoms with E-state index in [1.165, 1.54) is 0 Å². The molecule has 2 aromatic carbocycles. The zero-order valence-electron chi connectivity index (χ0n) is 17.7. The minimum atomic E-state index is -1.01. The van der Waals surface area contributed by atoms with Crippen molar-refractivity contribution in [1.82, 2.24) is 5.32 Å². The van der Waals surface area contributed by atoms with Gasteiger partial charge in [-0.3, -0.25) is 9.59 Å². The summed E-state index contributed by atoms with van der Waals surface area (Å²) in [5.74, 6) is -1.25. The van der Waals surface area contributed by atoms with Crippen LogP contribution in [0.25, 0.3) is 0 Å². The summed E-state index contributed by atoms with van der Waals surface area (Å²) in [4.78, 5) is 26.2. The van der Waals surface area contributed by atoms with E-state index in [4.69, 9.17) is 33.0 Å². The number of ether oxygens (including phenoxy) is 1. The van der Waals surface area contributed by atoms with Gasteiger partial charge in [0.2, 0.25) is 0 Å². The van der Waals surface area contributed by atoms with Crippen molar-refractivity contribution in [2.45, 2.75) is 33.0 Å². The van der Waals surface area contributed by atoms with Gasteiger partial charge in [0.15, 0.2) is 0 Å². The Morgan fingerprint density at radius 2 is 1.87 bits per heavy atom. The number of nitrogens with one attached hydrogen (secondary N) is 1. The first kappa shape index (κ1) is 23.5. The summed E-state index contributed by atoms with van der Waals surface area (Å²) in [6.45, 7) is 6.37. The van der Waals surface area contributed by atoms with Crippen molar-refractivity contribution < 1.29 is 19.4 Å². The first-order chi connectivity index (χ1) is 14.6. The molecule has 0 saturated carbocycles. The monoisotopic (exact) mass is 464 g/mol. The molecule has 0 spiro atoms. The van der Waals surface area contributed by atoms with Crippen molar-refractivity contribution in [3.63, 3.8) is 0 Å². The van der Waals surface area contributed by atoms with Crippen molar-refractivity contribution in [2.24, 2.45) is 5.41 Å². The highest BCUT2D eigenvalue weighted by Crippen LogP contribution is 2.42. The summed E-state index contributed by atoms with van der Waals surface area (Å²) in [6.07, 6.45) is -1.55. The van der Waals surface area contributed by atoms with E-state index in [0.717, 1.165) is 5.56 Å². The van der Waals surface area contributed by atoms with Crippen LogP contribution in [-0.2, 0) is 14.3 Å². The number of carbonyl (C=O) groups excluding carboxylic acids is 1. The third-order valence-corrected chi connectivity index (χ3v) is 5.41. The van der Waals surface area contributed by atoms with E-state index in [1.807, 2.05) is 45.0 Å². The number of benzene rings is 2. The SMILES string of the molecule is CC(C)(C)CN1C(=O)C(CNCC(=O)O)OC(c2ccccc2Cl)c2cc(Cl)ccc21. The number of aliphatic carboxylic acids is 1. The Morgan fingerprint density at radius 3 is 2.52 bits per heavy atom. The van der Waals surface area contributed by atoms with Crippen LogP contribution in [0, 0.1) is 5.41 Å². The fraction of sp³-hybridized carbons (Fsp3) is 0.391. The molecule has 166 valence electrons. The molecule has 2 aromatic rings. The van der Waals surface area contributed by atoms with Crippen LogP contribution in [-0.4, -0.2) is 42.7 Å². The van der Waals surface area contributed by atoms with Crippen molar-refractivity contribution in [2.75, 3.05) is 24.5 Å². The van der Waals surface area contributed by atoms with Crippen LogP contribution in [0.15, 0.2) is 42.5 Å². The molecule has 0 saturated heterocycles. The first-order valence-electron chi connectivity index (χ1n) is 10.00. The highest BCUT2D eigenvalue weighted by molar-refractivity contribution is 6.31. The fourth-order valence-electron chi connectivity index (χ4n) is 3.58. The molecule has 1 heterocycles. The number of carbonyl (C=O) groups is 2. The topological polar surface area (TPSA) is 78.9 Å². The van der Waals surface area contributed by atoms with Gasteiger partial charge < -0.3 is 20.1 Å². The van der Waals surface area contributed by atoms with Crippen molar-refractivity contribution >= 4 is 40.8 Å². The average Bonchev–Trinajstić information content (AvgIpc) is 2.77. The van der Waals surface area contributed by atoms with E-state index < -0.39 is 18.2 Å². The number of carboxylic acid groups (broad SMARTS) is 1. The van der Waals surface area contributed by atoms with Gasteiger partial charge in [-0.05, 0) is 29.7 Å². The third kappa shape index (κ3) is 5.77. The van der Waals surface area contributed by atoms with E-state index >= 15 is 0 Å². The van der Waals surface area contributed by atoms with Gasteiger partial charge in [0.25, 0.3) is 5.91 Å². The van der Waals surface area contributed by atoms with Gasteiger partial charge >= 0.3 is 5.97 Å². The first-order valence-corrected chi connectivity index (χ1v) is 10.8. The second-order valence-electron chi connectivity index (χ2n) is 8.74. The Labute approximate surface area is 192 Å². The summed E-state index contributed by atoms with van der Waals surface area (Å²) >= 11 is 12.8. The van der Waals surface area contributed by atoms with Gasteiger partial charge in [0.1, 0.15) is 12.2 Å². The lowest BCUT2D eigenvalue weighted by atomic mass is 9.94. The second-order valence-corrected chi connectivity index (χ2v) is 9.58. The Kier molecular flexibility index (Phi) is 7.27. The van der Waals surface area contributed by atoms with Gasteiger partial charge in [-0.25, -0.2) is 0 Å². The van der Waals surface area contributed by atoms with Crippen LogP contribution in [0.2, 0.25) is 10.0 Å². The van der Waals surface area contributed by atoms with E-state index in [9.17, 15) is 9.59 Å². The minimum Gasteiger partial charge on any atom is -0.480 e. The van der Waals surface area contributed by atoms with Crippen molar-refractivity contribution in [3.05, 3.63) is 63.6 Å². The zero-order chi connectivity index (χ0) is 22.8. The molecule has 1 aliphatic rings. The zero-order valence-corrected chi connectivity index (χ0v) is 19.2. The number of anilines is 1. The average molecular weight is 465 g/mol. The lowest BCUT2D eigenvalue weighted by Crippen LogP contribution is -2.47. The Bertz CT molecular complexity index is 974. The van der Waals surface area contributed by atoms with Crippen LogP contribution in [0.1, 0.15) is 38.0 Å². The Balaban J connectivity index is 2.12. The quantitative estimate of drug-likeness (QED) is 0.655. The van der Waals surface area contributed by atoms with Crippen LogP contribution in [0.5, 0.6) is 0 Å². The highest BCUT2D eigenvalue weighted by Gasteiger charge is 2.38. The molecular weight excluding hydrogens is 439 g/mol. The molecule has 6 nitrogen and oxygen atoms in total. The molecular formula is C23H26Cl2N2O4. The van der Waals surface area contributed by atoms with E-state index in [1.54, 1.807) is 23.1 Å². The molecule has 3 rings (SSSR count). The predicted molar refractivity (Wildman–Crippen MR) is 122 cm³/mol. The summed E-state index contributed by atoms with van der Waals surface area (Å²) < 4.78 is 6.31. The summed E-state index contributed by atoms with van der Waals surface area (Å²) in [5.41, 5.74) is 1.96. The van der Waals surface area contributed by atoms with Gasteiger partial charge in [0.05, 0.1) is 6.54 Å². The number of amides is 1. The number of hydrogen-bond donors (Lipinski definition) is 2. The van der Waals surface area contributed by atoms with E-state index in [0.29, 0.717) is 27.8 Å². The lowest BCUT2D eigenvalue weighted by Gasteiger charge is -2.31. The third-order valence-electron chi connectivity index (χ3n) is 4.83. The second kappa shape index (κ2) is 9.57. The minimum absolute atomic E-state index is 0.0500. The smallest absolute Gasteiger partial charge is 0.317 e. The van der Waals surface area contributed by atoms with Crippen LogP contribution in [0.3, 0.4) is 0 Å². The fourth-order valence-corrected chi connectivity index (χ4v) is 4.00.